The van der Waals surface area contributed by atoms with E-state index in [4.69, 9.17) is 5.11 Å². The molecule has 3 N–H and O–H groups in total. The summed E-state index contributed by atoms with van der Waals surface area (Å²) in [7, 11) is 1.16. The third kappa shape index (κ3) is 4.42. The van der Waals surface area contributed by atoms with Crippen molar-refractivity contribution in [3.8, 4) is 0 Å². The van der Waals surface area contributed by atoms with Gasteiger partial charge in [-0.2, -0.15) is 0 Å². The summed E-state index contributed by atoms with van der Waals surface area (Å²) in [4.78, 5) is 46.0. The molecule has 1 atom stereocenters. The third-order valence-electron chi connectivity index (χ3n) is 3.65. The summed E-state index contributed by atoms with van der Waals surface area (Å²) in [5.41, 5.74) is -1.74. The van der Waals surface area contributed by atoms with E-state index in [1.165, 1.54) is 0 Å². The van der Waals surface area contributed by atoms with Crippen molar-refractivity contribution < 1.29 is 34.1 Å². The predicted molar refractivity (Wildman–Crippen MR) is 73.0 cm³/mol. The van der Waals surface area contributed by atoms with Crippen molar-refractivity contribution in [1.82, 2.24) is 10.2 Å². The van der Waals surface area contributed by atoms with Gasteiger partial charge < -0.3 is 30.0 Å². The van der Waals surface area contributed by atoms with Gasteiger partial charge in [0.25, 0.3) is 5.91 Å². The Labute approximate surface area is 127 Å². The number of nitrogens with one attached hydrogen (secondary N) is 1. The predicted octanol–water partition coefficient (Wildman–Crippen LogP) is -0.872. The van der Waals surface area contributed by atoms with Crippen LogP contribution in [-0.4, -0.2) is 71.2 Å². The number of hydrogen-bond donors (Lipinski definition) is 3. The molecular formula is C13H20N2O7. The molecule has 0 aromatic heterocycles. The Morgan fingerprint density at radius 3 is 2.41 bits per heavy atom. The summed E-state index contributed by atoms with van der Waals surface area (Å²) in [6.45, 7) is 0.0486. The summed E-state index contributed by atoms with van der Waals surface area (Å²) < 4.78 is 4.54. The van der Waals surface area contributed by atoms with E-state index in [1.54, 1.807) is 0 Å². The number of rotatable bonds is 6. The molecule has 1 aliphatic rings. The Kier molecular flexibility index (Phi) is 6.29. The number of hydrogen-bond acceptors (Lipinski definition) is 6. The molecule has 22 heavy (non-hydrogen) atoms. The lowest BCUT2D eigenvalue weighted by molar-refractivity contribution is -0.151. The summed E-state index contributed by atoms with van der Waals surface area (Å²) >= 11 is 0. The molecule has 0 bridgehead atoms. The minimum absolute atomic E-state index is 0.0243. The average molecular weight is 316 g/mol. The van der Waals surface area contributed by atoms with Crippen LogP contribution in [0.15, 0.2) is 0 Å². The molecule has 0 unspecified atom stereocenters. The maximum Gasteiger partial charge on any atom is 0.407 e. The molecule has 1 fully saturated rings. The van der Waals surface area contributed by atoms with Gasteiger partial charge in [0.2, 0.25) is 0 Å². The lowest BCUT2D eigenvalue weighted by Gasteiger charge is -2.36. The first kappa shape index (κ1) is 17.9. The molecule has 9 nitrogen and oxygen atoms in total. The standard InChI is InChI=1S/C13H20N2O7/c1-22-10(17)9(3-2-8-16)14-11(18)13(21)4-6-15(7-5-13)12(19)20/h8-9,21H,2-7H2,1H3,(H,14,18)(H,19,20)/t9-/m0/s1. The second-order valence-electron chi connectivity index (χ2n) is 5.09. The number of carbonyl (C=O) groups excluding carboxylic acids is 3. The van der Waals surface area contributed by atoms with Gasteiger partial charge in [-0.05, 0) is 6.42 Å². The van der Waals surface area contributed by atoms with E-state index >= 15 is 0 Å². The van der Waals surface area contributed by atoms with Crippen LogP contribution in [-0.2, 0) is 19.1 Å². The van der Waals surface area contributed by atoms with Gasteiger partial charge in [0, 0.05) is 32.4 Å². The average Bonchev–Trinajstić information content (AvgIpc) is 2.50. The third-order valence-corrected chi connectivity index (χ3v) is 3.65. The fourth-order valence-corrected chi connectivity index (χ4v) is 2.21. The SMILES string of the molecule is COC(=O)[C@H](CCC=O)NC(=O)C1(O)CCN(C(=O)O)CC1. The zero-order chi connectivity index (χ0) is 16.8. The molecule has 9 heteroatoms. The number of likely N-dealkylation sites (tertiary alicyclic amines) is 1. The van der Waals surface area contributed by atoms with Gasteiger partial charge in [0.15, 0.2) is 0 Å². The number of carboxylic acid groups (broad SMARTS) is 1. The van der Waals surface area contributed by atoms with Gasteiger partial charge in [-0.15, -0.1) is 0 Å². The monoisotopic (exact) mass is 316 g/mol. The summed E-state index contributed by atoms with van der Waals surface area (Å²) in [5, 5.41) is 21.5. The minimum atomic E-state index is -1.74. The van der Waals surface area contributed by atoms with Crippen molar-refractivity contribution in [3.63, 3.8) is 0 Å². The first-order chi connectivity index (χ1) is 10.3. The highest BCUT2D eigenvalue weighted by molar-refractivity contribution is 5.90. The van der Waals surface area contributed by atoms with E-state index in [0.29, 0.717) is 6.29 Å². The summed E-state index contributed by atoms with van der Waals surface area (Å²) in [6, 6.07) is -1.02. The van der Waals surface area contributed by atoms with Gasteiger partial charge in [-0.3, -0.25) is 4.79 Å². The van der Waals surface area contributed by atoms with Crippen molar-refractivity contribution in [1.29, 1.82) is 0 Å². The van der Waals surface area contributed by atoms with Crippen molar-refractivity contribution in [2.45, 2.75) is 37.3 Å². The van der Waals surface area contributed by atoms with Crippen molar-refractivity contribution in [2.75, 3.05) is 20.2 Å². The van der Waals surface area contributed by atoms with Crippen LogP contribution in [0.3, 0.4) is 0 Å². The van der Waals surface area contributed by atoms with E-state index < -0.39 is 29.6 Å². The number of nitrogens with zero attached hydrogens (tertiary/aromatic N) is 1. The number of aldehydes is 1. The quantitative estimate of drug-likeness (QED) is 0.428. The van der Waals surface area contributed by atoms with E-state index in [9.17, 15) is 24.3 Å². The maximum atomic E-state index is 12.2. The first-order valence-corrected chi connectivity index (χ1v) is 6.86. The number of ether oxygens (including phenoxy) is 1. The molecular weight excluding hydrogens is 296 g/mol. The van der Waals surface area contributed by atoms with Crippen LogP contribution in [0, 0.1) is 0 Å². The van der Waals surface area contributed by atoms with E-state index in [1.807, 2.05) is 0 Å². The minimum Gasteiger partial charge on any atom is -0.467 e. The molecule has 1 heterocycles. The zero-order valence-corrected chi connectivity index (χ0v) is 12.3. The molecule has 0 aromatic rings. The van der Waals surface area contributed by atoms with Crippen LogP contribution in [0.4, 0.5) is 4.79 Å². The van der Waals surface area contributed by atoms with E-state index in [2.05, 4.69) is 10.1 Å². The normalized spacial score (nSPS) is 18.2. The molecule has 0 aliphatic carbocycles. The lowest BCUT2D eigenvalue weighted by atomic mass is 9.90. The Bertz CT molecular complexity index is 444. The van der Waals surface area contributed by atoms with Crippen molar-refractivity contribution in [3.05, 3.63) is 0 Å². The molecule has 0 radical (unpaired) electrons. The highest BCUT2D eigenvalue weighted by Gasteiger charge is 2.41. The van der Waals surface area contributed by atoms with Gasteiger partial charge >= 0.3 is 12.1 Å². The summed E-state index contributed by atoms with van der Waals surface area (Å²) in [5.74, 6) is -1.47. The highest BCUT2D eigenvalue weighted by Crippen LogP contribution is 2.23. The molecule has 0 spiro atoms. The topological polar surface area (TPSA) is 133 Å². The fourth-order valence-electron chi connectivity index (χ4n) is 2.21. The Morgan fingerprint density at radius 1 is 1.36 bits per heavy atom. The van der Waals surface area contributed by atoms with Crippen LogP contribution in [0.2, 0.25) is 0 Å². The van der Waals surface area contributed by atoms with Crippen LogP contribution < -0.4 is 5.32 Å². The van der Waals surface area contributed by atoms with Gasteiger partial charge in [-0.25, -0.2) is 9.59 Å². The van der Waals surface area contributed by atoms with Gasteiger partial charge in [-0.1, -0.05) is 0 Å². The van der Waals surface area contributed by atoms with Gasteiger partial charge in [0.05, 0.1) is 7.11 Å². The van der Waals surface area contributed by atoms with Crippen LogP contribution in [0.1, 0.15) is 25.7 Å². The molecule has 0 aromatic carbocycles. The maximum absolute atomic E-state index is 12.2. The first-order valence-electron chi connectivity index (χ1n) is 6.86. The van der Waals surface area contributed by atoms with Crippen molar-refractivity contribution in [2.24, 2.45) is 0 Å². The van der Waals surface area contributed by atoms with Crippen LogP contribution in [0.5, 0.6) is 0 Å². The van der Waals surface area contributed by atoms with Gasteiger partial charge in [0.1, 0.15) is 17.9 Å². The molecule has 1 saturated heterocycles. The Balaban J connectivity index is 2.66. The number of methoxy groups -OCH3 is 1. The second-order valence-corrected chi connectivity index (χ2v) is 5.09. The van der Waals surface area contributed by atoms with E-state index in [-0.39, 0.29) is 38.8 Å². The Morgan fingerprint density at radius 2 is 1.95 bits per heavy atom. The van der Waals surface area contributed by atoms with Crippen LogP contribution in [0.25, 0.3) is 0 Å². The molecule has 1 rings (SSSR count). The number of aliphatic hydroxyl groups is 1. The number of piperidine rings is 1. The number of carbonyl (C=O) groups is 4. The molecule has 0 saturated carbocycles. The Hall–Kier alpha value is -2.16. The number of esters is 1. The summed E-state index contributed by atoms with van der Waals surface area (Å²) in [6.07, 6.45) is -0.493. The second kappa shape index (κ2) is 7.74. The van der Waals surface area contributed by atoms with Crippen LogP contribution >= 0.6 is 0 Å². The number of amides is 2. The fraction of sp³-hybridized carbons (Fsp3) is 0.692. The van der Waals surface area contributed by atoms with Crippen molar-refractivity contribution >= 4 is 24.3 Å². The van der Waals surface area contributed by atoms with E-state index in [0.717, 1.165) is 12.0 Å². The highest BCUT2D eigenvalue weighted by atomic mass is 16.5. The smallest absolute Gasteiger partial charge is 0.407 e. The molecule has 124 valence electrons. The largest absolute Gasteiger partial charge is 0.467 e. The molecule has 2 amide bonds. The lowest BCUT2D eigenvalue weighted by Crippen LogP contribution is -2.57. The zero-order valence-electron chi connectivity index (χ0n) is 12.3. The molecule has 1 aliphatic heterocycles.